The molecule has 0 aliphatic heterocycles. The average Bonchev–Trinajstić information content (AvgIpc) is 2.74. The van der Waals surface area contributed by atoms with Crippen LogP contribution in [-0.4, -0.2) is 20.1 Å². The van der Waals surface area contributed by atoms with Crippen molar-refractivity contribution in [2.45, 2.75) is 22.1 Å². The van der Waals surface area contributed by atoms with Crippen LogP contribution in [0.3, 0.4) is 0 Å². The van der Waals surface area contributed by atoms with Crippen molar-refractivity contribution in [3.8, 4) is 0 Å². The van der Waals surface area contributed by atoms with Crippen LogP contribution in [0.25, 0.3) is 0 Å². The van der Waals surface area contributed by atoms with E-state index in [-0.39, 0.29) is 27.6 Å². The van der Waals surface area contributed by atoms with Crippen LogP contribution in [0.1, 0.15) is 15.9 Å². The smallest absolute Gasteiger partial charge is 0.288 e. The Hall–Kier alpha value is -2.75. The van der Waals surface area contributed by atoms with Gasteiger partial charge in [0.25, 0.3) is 11.7 Å². The summed E-state index contributed by atoms with van der Waals surface area (Å²) in [5.41, 5.74) is 1.11. The van der Waals surface area contributed by atoms with Crippen LogP contribution < -0.4 is 10.0 Å². The Morgan fingerprint density at radius 1 is 0.933 bits per heavy atom. The lowest BCUT2D eigenvalue weighted by Crippen LogP contribution is -2.23. The number of benzene rings is 3. The molecule has 9 heteroatoms. The van der Waals surface area contributed by atoms with Crippen molar-refractivity contribution in [3.63, 3.8) is 0 Å². The summed E-state index contributed by atoms with van der Waals surface area (Å²) in [4.78, 5) is 12.7. The Bertz CT molecular complexity index is 1120. The van der Waals surface area contributed by atoms with Gasteiger partial charge in [0.15, 0.2) is 0 Å². The quantitative estimate of drug-likeness (QED) is 0.489. The van der Waals surface area contributed by atoms with Gasteiger partial charge in [-0.1, -0.05) is 60.3 Å². The highest BCUT2D eigenvalue weighted by Gasteiger charge is 2.17. The van der Waals surface area contributed by atoms with Crippen LogP contribution in [0.15, 0.2) is 88.7 Å². The summed E-state index contributed by atoms with van der Waals surface area (Å²) < 4.78 is 53.1. The fourth-order valence-electron chi connectivity index (χ4n) is 2.63. The molecule has 0 spiro atoms. The summed E-state index contributed by atoms with van der Waals surface area (Å²) in [7, 11) is -3.84. The Balaban J connectivity index is 1.75. The van der Waals surface area contributed by atoms with Gasteiger partial charge in [0.2, 0.25) is 10.0 Å². The molecule has 3 aromatic rings. The first-order valence-electron chi connectivity index (χ1n) is 8.84. The normalized spacial score (nSPS) is 11.4. The molecule has 30 heavy (non-hydrogen) atoms. The van der Waals surface area contributed by atoms with Crippen molar-refractivity contribution in [3.05, 3.63) is 90.0 Å². The maximum absolute atomic E-state index is 12.7. The predicted molar refractivity (Wildman–Crippen MR) is 113 cm³/mol. The van der Waals surface area contributed by atoms with E-state index in [1.165, 1.54) is 36.4 Å². The van der Waals surface area contributed by atoms with E-state index < -0.39 is 21.7 Å². The van der Waals surface area contributed by atoms with Gasteiger partial charge in [-0.05, 0) is 35.9 Å². The fourth-order valence-corrected chi connectivity index (χ4v) is 4.28. The molecule has 0 atom stereocenters. The predicted octanol–water partition coefficient (Wildman–Crippen LogP) is 4.73. The van der Waals surface area contributed by atoms with Crippen molar-refractivity contribution < 1.29 is 22.0 Å². The second kappa shape index (κ2) is 9.84. The number of halogens is 2. The van der Waals surface area contributed by atoms with Crippen molar-refractivity contribution in [2.24, 2.45) is 0 Å². The Labute approximate surface area is 177 Å². The summed E-state index contributed by atoms with van der Waals surface area (Å²) in [6.45, 7) is 0.109. The zero-order valence-electron chi connectivity index (χ0n) is 15.6. The van der Waals surface area contributed by atoms with Crippen molar-refractivity contribution in [1.82, 2.24) is 4.72 Å². The molecule has 3 aromatic carbocycles. The minimum Gasteiger partial charge on any atom is -0.321 e. The Morgan fingerprint density at radius 3 is 2.37 bits per heavy atom. The van der Waals surface area contributed by atoms with E-state index in [4.69, 9.17) is 0 Å². The molecule has 0 bridgehead atoms. The highest BCUT2D eigenvalue weighted by atomic mass is 32.2. The van der Waals surface area contributed by atoms with E-state index in [1.807, 2.05) is 6.07 Å². The second-order valence-corrected chi connectivity index (χ2v) is 8.97. The van der Waals surface area contributed by atoms with Gasteiger partial charge < -0.3 is 5.32 Å². The summed E-state index contributed by atoms with van der Waals surface area (Å²) >= 11 is 0.320. The summed E-state index contributed by atoms with van der Waals surface area (Å²) in [6, 6.07) is 20.7. The third-order valence-corrected chi connectivity index (χ3v) is 6.25. The zero-order chi connectivity index (χ0) is 21.6. The lowest BCUT2D eigenvalue weighted by molar-refractivity contribution is 0.102. The number of amides is 1. The summed E-state index contributed by atoms with van der Waals surface area (Å²) in [6.07, 6.45) is 0. The molecular weight excluding hydrogens is 430 g/mol. The van der Waals surface area contributed by atoms with E-state index >= 15 is 0 Å². The monoisotopic (exact) mass is 448 g/mol. The topological polar surface area (TPSA) is 75.3 Å². The van der Waals surface area contributed by atoms with Gasteiger partial charge in [-0.2, -0.15) is 8.78 Å². The highest BCUT2D eigenvalue weighted by Crippen LogP contribution is 2.31. The molecule has 0 radical (unpaired) electrons. The number of nitrogens with one attached hydrogen (secondary N) is 2. The van der Waals surface area contributed by atoms with E-state index in [9.17, 15) is 22.0 Å². The molecule has 3 rings (SSSR count). The summed E-state index contributed by atoms with van der Waals surface area (Å²) in [5.74, 6) is -3.23. The van der Waals surface area contributed by atoms with E-state index in [1.54, 1.807) is 36.4 Å². The van der Waals surface area contributed by atoms with Gasteiger partial charge in [-0.25, -0.2) is 13.1 Å². The minimum absolute atomic E-state index is 0.0682. The van der Waals surface area contributed by atoms with E-state index in [2.05, 4.69) is 10.0 Å². The molecule has 1 amide bonds. The first-order chi connectivity index (χ1) is 14.3. The second-order valence-electron chi connectivity index (χ2n) is 6.17. The number of hydrogen-bond acceptors (Lipinski definition) is 4. The Morgan fingerprint density at radius 2 is 1.63 bits per heavy atom. The number of hydrogen-bond donors (Lipinski definition) is 2. The van der Waals surface area contributed by atoms with Gasteiger partial charge >= 0.3 is 0 Å². The number of alkyl halides is 2. The van der Waals surface area contributed by atoms with Crippen molar-refractivity contribution >= 4 is 33.4 Å². The third-order valence-electron chi connectivity index (χ3n) is 4.07. The van der Waals surface area contributed by atoms with Gasteiger partial charge in [-0.15, -0.1) is 0 Å². The molecule has 0 unspecified atom stereocenters. The highest BCUT2D eigenvalue weighted by molar-refractivity contribution is 7.99. The van der Waals surface area contributed by atoms with Crippen LogP contribution in [0.4, 0.5) is 14.5 Å². The number of anilines is 1. The van der Waals surface area contributed by atoms with E-state index in [0.717, 1.165) is 5.56 Å². The average molecular weight is 449 g/mol. The molecular formula is C21H18F2N2O3S2. The van der Waals surface area contributed by atoms with Crippen LogP contribution in [0, 0.1) is 0 Å². The third kappa shape index (κ3) is 5.88. The number of rotatable bonds is 8. The van der Waals surface area contributed by atoms with E-state index in [0.29, 0.717) is 11.8 Å². The van der Waals surface area contributed by atoms with Gasteiger partial charge in [0, 0.05) is 17.0 Å². The Kier molecular flexibility index (Phi) is 7.20. The molecule has 0 fully saturated rings. The fraction of sp³-hybridized carbons (Fsp3) is 0.0952. The molecule has 0 saturated heterocycles. The van der Waals surface area contributed by atoms with Crippen LogP contribution >= 0.6 is 11.8 Å². The SMILES string of the molecule is O=C(Nc1ccccc1SC(F)F)c1cccc(S(=O)(=O)NCc2ccccc2)c1. The number of thioether (sulfide) groups is 1. The molecule has 0 heterocycles. The zero-order valence-corrected chi connectivity index (χ0v) is 17.2. The molecule has 0 aliphatic carbocycles. The molecule has 5 nitrogen and oxygen atoms in total. The maximum Gasteiger partial charge on any atom is 0.288 e. The molecule has 2 N–H and O–H groups in total. The number of carbonyl (C=O) groups excluding carboxylic acids is 1. The first-order valence-corrected chi connectivity index (χ1v) is 11.2. The van der Waals surface area contributed by atoms with Crippen LogP contribution in [0.5, 0.6) is 0 Å². The van der Waals surface area contributed by atoms with Crippen LogP contribution in [-0.2, 0) is 16.6 Å². The first kappa shape index (κ1) is 21.9. The maximum atomic E-state index is 12.7. The largest absolute Gasteiger partial charge is 0.321 e. The number of para-hydroxylation sites is 1. The number of carbonyl (C=O) groups is 1. The standard InChI is InChI=1S/C21H18F2N2O3S2/c22-21(23)29-19-12-5-4-11-18(19)25-20(26)16-9-6-10-17(13-16)30(27,28)24-14-15-7-2-1-3-8-15/h1-13,21,24H,14H2,(H,25,26). The van der Waals surface area contributed by atoms with Crippen molar-refractivity contribution in [2.75, 3.05) is 5.32 Å². The lowest BCUT2D eigenvalue weighted by atomic mass is 10.2. The minimum atomic E-state index is -3.84. The molecule has 0 saturated carbocycles. The van der Waals surface area contributed by atoms with Gasteiger partial charge in [-0.3, -0.25) is 4.79 Å². The van der Waals surface area contributed by atoms with Crippen LogP contribution in [0.2, 0.25) is 0 Å². The molecule has 0 aromatic heterocycles. The van der Waals surface area contributed by atoms with Crippen molar-refractivity contribution in [1.29, 1.82) is 0 Å². The molecule has 0 aliphatic rings. The summed E-state index contributed by atoms with van der Waals surface area (Å²) in [5, 5.41) is 2.56. The van der Waals surface area contributed by atoms with Gasteiger partial charge in [0.1, 0.15) is 0 Å². The lowest BCUT2D eigenvalue weighted by Gasteiger charge is -2.11. The van der Waals surface area contributed by atoms with Gasteiger partial charge in [0.05, 0.1) is 10.6 Å². The molecule has 156 valence electrons. The number of sulfonamides is 1.